The molecule has 0 saturated heterocycles. The minimum atomic E-state index is -0.398. The van der Waals surface area contributed by atoms with Gasteiger partial charge < -0.3 is 10.5 Å². The summed E-state index contributed by atoms with van der Waals surface area (Å²) in [5, 5.41) is 1.22. The highest BCUT2D eigenvalue weighted by Crippen LogP contribution is 2.22. The number of halogens is 2. The van der Waals surface area contributed by atoms with E-state index in [1.165, 1.54) is 0 Å². The summed E-state index contributed by atoms with van der Waals surface area (Å²) in [7, 11) is 1.61. The standard InChI is InChI=1S/C13H18Cl2N2O2/c1-9(13(16)18)17(5-6-19-2)8-10-7-11(14)3-4-12(10)15/h3-4,7,9H,5-6,8H2,1-2H3,(H2,16,18)/t9-/m1/s1. The van der Waals surface area contributed by atoms with Crippen LogP contribution < -0.4 is 5.73 Å². The molecule has 1 atom stereocenters. The van der Waals surface area contributed by atoms with Crippen LogP contribution >= 0.6 is 23.2 Å². The molecule has 0 heterocycles. The fraction of sp³-hybridized carbons (Fsp3) is 0.462. The Morgan fingerprint density at radius 1 is 1.47 bits per heavy atom. The maximum absolute atomic E-state index is 11.3. The second kappa shape index (κ2) is 7.70. The fourth-order valence-electron chi connectivity index (χ4n) is 1.68. The van der Waals surface area contributed by atoms with Crippen molar-refractivity contribution in [3.63, 3.8) is 0 Å². The van der Waals surface area contributed by atoms with Crippen LogP contribution in [-0.2, 0) is 16.1 Å². The summed E-state index contributed by atoms with van der Waals surface area (Å²) < 4.78 is 5.04. The highest BCUT2D eigenvalue weighted by atomic mass is 35.5. The van der Waals surface area contributed by atoms with Crippen molar-refractivity contribution in [1.82, 2.24) is 4.90 Å². The summed E-state index contributed by atoms with van der Waals surface area (Å²) in [6.45, 7) is 3.35. The van der Waals surface area contributed by atoms with E-state index in [-0.39, 0.29) is 5.91 Å². The van der Waals surface area contributed by atoms with Crippen molar-refractivity contribution in [2.24, 2.45) is 5.73 Å². The summed E-state index contributed by atoms with van der Waals surface area (Å²) in [5.41, 5.74) is 6.21. The third kappa shape index (κ3) is 4.99. The predicted molar refractivity (Wildman–Crippen MR) is 77.4 cm³/mol. The Kier molecular flexibility index (Phi) is 6.58. The van der Waals surface area contributed by atoms with Crippen molar-refractivity contribution >= 4 is 29.1 Å². The highest BCUT2D eigenvalue weighted by molar-refractivity contribution is 6.33. The monoisotopic (exact) mass is 304 g/mol. The molecule has 0 aliphatic rings. The number of rotatable bonds is 7. The normalized spacial score (nSPS) is 12.7. The predicted octanol–water partition coefficient (Wildman–Crippen LogP) is 2.32. The number of nitrogens with two attached hydrogens (primary N) is 1. The third-order valence-electron chi connectivity index (χ3n) is 2.92. The van der Waals surface area contributed by atoms with Crippen LogP contribution in [0.4, 0.5) is 0 Å². The lowest BCUT2D eigenvalue weighted by molar-refractivity contribution is -0.123. The van der Waals surface area contributed by atoms with Crippen LogP contribution in [0.2, 0.25) is 10.0 Å². The largest absolute Gasteiger partial charge is 0.383 e. The van der Waals surface area contributed by atoms with Gasteiger partial charge in [-0.15, -0.1) is 0 Å². The maximum Gasteiger partial charge on any atom is 0.234 e. The van der Waals surface area contributed by atoms with Crippen molar-refractivity contribution in [2.75, 3.05) is 20.3 Å². The molecular formula is C13H18Cl2N2O2. The molecule has 19 heavy (non-hydrogen) atoms. The molecule has 0 unspecified atom stereocenters. The first kappa shape index (κ1) is 16.2. The van der Waals surface area contributed by atoms with Gasteiger partial charge in [-0.25, -0.2) is 0 Å². The number of methoxy groups -OCH3 is 1. The molecule has 2 N–H and O–H groups in total. The van der Waals surface area contributed by atoms with Gasteiger partial charge in [-0.2, -0.15) is 0 Å². The molecule has 0 radical (unpaired) electrons. The molecule has 0 bridgehead atoms. The summed E-state index contributed by atoms with van der Waals surface area (Å²) in [6, 6.07) is 4.86. The van der Waals surface area contributed by atoms with Gasteiger partial charge in [0.1, 0.15) is 0 Å². The number of hydrogen-bond acceptors (Lipinski definition) is 3. The smallest absolute Gasteiger partial charge is 0.234 e. The number of benzene rings is 1. The van der Waals surface area contributed by atoms with E-state index < -0.39 is 6.04 Å². The molecule has 0 aliphatic heterocycles. The Balaban J connectivity index is 2.86. The van der Waals surface area contributed by atoms with Gasteiger partial charge in [-0.05, 0) is 30.7 Å². The first-order valence-corrected chi connectivity index (χ1v) is 6.67. The minimum absolute atomic E-state index is 0.380. The highest BCUT2D eigenvalue weighted by Gasteiger charge is 2.19. The molecular weight excluding hydrogens is 287 g/mol. The lowest BCUT2D eigenvalue weighted by Crippen LogP contribution is -2.43. The lowest BCUT2D eigenvalue weighted by atomic mass is 10.1. The SMILES string of the molecule is COCCN(Cc1cc(Cl)ccc1Cl)[C@H](C)C(N)=O. The minimum Gasteiger partial charge on any atom is -0.383 e. The van der Waals surface area contributed by atoms with Crippen molar-refractivity contribution in [3.05, 3.63) is 33.8 Å². The van der Waals surface area contributed by atoms with Crippen molar-refractivity contribution < 1.29 is 9.53 Å². The lowest BCUT2D eigenvalue weighted by Gasteiger charge is -2.27. The Morgan fingerprint density at radius 3 is 2.74 bits per heavy atom. The summed E-state index contributed by atoms with van der Waals surface area (Å²) >= 11 is 12.1. The quantitative estimate of drug-likeness (QED) is 0.841. The Morgan fingerprint density at radius 2 is 2.16 bits per heavy atom. The summed E-state index contributed by atoms with van der Waals surface area (Å²) in [5.74, 6) is -0.380. The number of amides is 1. The molecule has 1 amide bonds. The zero-order valence-corrected chi connectivity index (χ0v) is 12.5. The molecule has 4 nitrogen and oxygen atoms in total. The van der Waals surface area contributed by atoms with Gasteiger partial charge in [-0.1, -0.05) is 23.2 Å². The summed E-state index contributed by atoms with van der Waals surface area (Å²) in [6.07, 6.45) is 0. The molecule has 1 rings (SSSR count). The molecule has 6 heteroatoms. The number of ether oxygens (including phenoxy) is 1. The second-order valence-electron chi connectivity index (χ2n) is 4.28. The van der Waals surface area contributed by atoms with Crippen LogP contribution in [0.3, 0.4) is 0 Å². The van der Waals surface area contributed by atoms with E-state index >= 15 is 0 Å². The van der Waals surface area contributed by atoms with Gasteiger partial charge in [0.2, 0.25) is 5.91 Å². The van der Waals surface area contributed by atoms with Gasteiger partial charge in [0.05, 0.1) is 12.6 Å². The van der Waals surface area contributed by atoms with Crippen LogP contribution in [0, 0.1) is 0 Å². The van der Waals surface area contributed by atoms with Gasteiger partial charge in [0, 0.05) is 30.2 Å². The zero-order valence-electron chi connectivity index (χ0n) is 11.0. The van der Waals surface area contributed by atoms with E-state index in [1.807, 2.05) is 4.90 Å². The number of carbonyl (C=O) groups excluding carboxylic acids is 1. The molecule has 1 aromatic rings. The number of primary amides is 1. The van der Waals surface area contributed by atoms with Crippen LogP contribution in [0.15, 0.2) is 18.2 Å². The Labute approximate surface area is 123 Å². The third-order valence-corrected chi connectivity index (χ3v) is 3.53. The van der Waals surface area contributed by atoms with Crippen LogP contribution in [0.1, 0.15) is 12.5 Å². The molecule has 0 aromatic heterocycles. The Bertz CT molecular complexity index is 441. The van der Waals surface area contributed by atoms with E-state index in [1.54, 1.807) is 32.2 Å². The number of hydrogen-bond donors (Lipinski definition) is 1. The second-order valence-corrected chi connectivity index (χ2v) is 5.12. The van der Waals surface area contributed by atoms with Crippen molar-refractivity contribution in [2.45, 2.75) is 19.5 Å². The first-order chi connectivity index (χ1) is 8.95. The van der Waals surface area contributed by atoms with E-state index in [2.05, 4.69) is 0 Å². The van der Waals surface area contributed by atoms with Gasteiger partial charge in [0.25, 0.3) is 0 Å². The molecule has 1 aromatic carbocycles. The fourth-order valence-corrected chi connectivity index (χ4v) is 2.05. The molecule has 0 saturated carbocycles. The van der Waals surface area contributed by atoms with Crippen LogP contribution in [0.5, 0.6) is 0 Å². The van der Waals surface area contributed by atoms with Gasteiger partial charge >= 0.3 is 0 Å². The average molecular weight is 305 g/mol. The first-order valence-electron chi connectivity index (χ1n) is 5.92. The Hall–Kier alpha value is -0.810. The molecule has 0 fully saturated rings. The topological polar surface area (TPSA) is 55.6 Å². The van der Waals surface area contributed by atoms with E-state index in [0.717, 1.165) is 5.56 Å². The van der Waals surface area contributed by atoms with Gasteiger partial charge in [-0.3, -0.25) is 9.69 Å². The number of carbonyl (C=O) groups is 1. The molecule has 106 valence electrons. The van der Waals surface area contributed by atoms with E-state index in [0.29, 0.717) is 29.7 Å². The average Bonchev–Trinajstić information content (AvgIpc) is 2.37. The number of nitrogens with zero attached hydrogens (tertiary/aromatic N) is 1. The molecule has 0 aliphatic carbocycles. The van der Waals surface area contributed by atoms with E-state index in [9.17, 15) is 4.79 Å². The van der Waals surface area contributed by atoms with Crippen LogP contribution in [-0.4, -0.2) is 37.1 Å². The van der Waals surface area contributed by atoms with Crippen molar-refractivity contribution in [1.29, 1.82) is 0 Å². The summed E-state index contributed by atoms with van der Waals surface area (Å²) in [4.78, 5) is 13.2. The van der Waals surface area contributed by atoms with Gasteiger partial charge in [0.15, 0.2) is 0 Å². The van der Waals surface area contributed by atoms with Crippen molar-refractivity contribution in [3.8, 4) is 0 Å². The zero-order chi connectivity index (χ0) is 14.4. The van der Waals surface area contributed by atoms with E-state index in [4.69, 9.17) is 33.7 Å². The maximum atomic E-state index is 11.3. The molecule has 0 spiro atoms. The van der Waals surface area contributed by atoms with Crippen LogP contribution in [0.25, 0.3) is 0 Å².